The summed E-state index contributed by atoms with van der Waals surface area (Å²) >= 11 is 5.92. The van der Waals surface area contributed by atoms with Crippen molar-refractivity contribution in [2.24, 2.45) is 0 Å². The van der Waals surface area contributed by atoms with E-state index in [2.05, 4.69) is 9.97 Å². The Morgan fingerprint density at radius 1 is 1.18 bits per heavy atom. The number of aromatic amines is 1. The average molecular weight is 311 g/mol. The number of hydrogen-bond acceptors (Lipinski definition) is 3. The maximum atomic E-state index is 12.3. The van der Waals surface area contributed by atoms with Gasteiger partial charge < -0.3 is 10.1 Å². The van der Waals surface area contributed by atoms with Crippen LogP contribution in [0.3, 0.4) is 0 Å². The molecule has 4 rings (SSSR count). The zero-order chi connectivity index (χ0) is 15.3. The molecule has 0 bridgehead atoms. The Morgan fingerprint density at radius 2 is 2.00 bits per heavy atom. The number of allylic oxidation sites excluding steroid dienone is 1. The lowest BCUT2D eigenvalue weighted by atomic mass is 10.1. The van der Waals surface area contributed by atoms with Crippen molar-refractivity contribution in [2.75, 3.05) is 0 Å². The Hall–Kier alpha value is -2.59. The quantitative estimate of drug-likeness (QED) is 0.722. The van der Waals surface area contributed by atoms with E-state index in [9.17, 15) is 9.90 Å². The summed E-state index contributed by atoms with van der Waals surface area (Å²) in [5, 5.41) is 10.9. The first-order valence-corrected chi connectivity index (χ1v) is 7.21. The number of aliphatic hydroxyl groups excluding tert-OH is 1. The van der Waals surface area contributed by atoms with E-state index in [4.69, 9.17) is 11.6 Å². The Kier molecular flexibility index (Phi) is 2.81. The lowest BCUT2D eigenvalue weighted by Crippen LogP contribution is -2.15. The van der Waals surface area contributed by atoms with Crippen LogP contribution in [-0.4, -0.2) is 15.1 Å². The lowest BCUT2D eigenvalue weighted by molar-refractivity contribution is 0.515. The second-order valence-corrected chi connectivity index (χ2v) is 5.67. The fraction of sp³-hybridized carbons (Fsp3) is 0.0588. The van der Waals surface area contributed by atoms with Crippen LogP contribution in [0.2, 0.25) is 5.02 Å². The van der Waals surface area contributed by atoms with Crippen molar-refractivity contribution in [3.05, 3.63) is 74.7 Å². The number of nitrogens with zero attached hydrogens (tertiary/aromatic N) is 1. The molecule has 22 heavy (non-hydrogen) atoms. The molecule has 3 aromatic rings. The molecule has 2 N–H and O–H groups in total. The monoisotopic (exact) mass is 310 g/mol. The van der Waals surface area contributed by atoms with Gasteiger partial charge in [-0.25, -0.2) is 4.98 Å². The molecule has 1 aromatic heterocycles. The maximum absolute atomic E-state index is 12.3. The van der Waals surface area contributed by atoms with Gasteiger partial charge in [-0.2, -0.15) is 0 Å². The summed E-state index contributed by atoms with van der Waals surface area (Å²) < 4.78 is 0. The number of hydrogen-bond donors (Lipinski definition) is 2. The van der Waals surface area contributed by atoms with Crippen molar-refractivity contribution in [3.8, 4) is 0 Å². The summed E-state index contributed by atoms with van der Waals surface area (Å²) in [6.07, 6.45) is 0.497. The van der Waals surface area contributed by atoms with Gasteiger partial charge in [-0.3, -0.25) is 4.79 Å². The molecule has 0 atom stereocenters. The fourth-order valence-electron chi connectivity index (χ4n) is 2.80. The normalized spacial score (nSPS) is 13.7. The summed E-state index contributed by atoms with van der Waals surface area (Å²) in [4.78, 5) is 19.5. The minimum absolute atomic E-state index is 0.127. The third kappa shape index (κ3) is 1.92. The van der Waals surface area contributed by atoms with E-state index < -0.39 is 0 Å². The highest BCUT2D eigenvalue weighted by molar-refractivity contribution is 6.31. The second kappa shape index (κ2) is 4.71. The van der Waals surface area contributed by atoms with Crippen molar-refractivity contribution >= 4 is 34.0 Å². The van der Waals surface area contributed by atoms with Crippen molar-refractivity contribution in [1.82, 2.24) is 9.97 Å². The Bertz CT molecular complexity index is 1000. The van der Waals surface area contributed by atoms with Crippen LogP contribution in [-0.2, 0) is 6.42 Å². The van der Waals surface area contributed by atoms with E-state index in [1.165, 1.54) is 0 Å². The first-order chi connectivity index (χ1) is 10.6. The topological polar surface area (TPSA) is 66.0 Å². The Labute approximate surface area is 130 Å². The zero-order valence-electron chi connectivity index (χ0n) is 11.4. The highest BCUT2D eigenvalue weighted by Crippen LogP contribution is 2.35. The summed E-state index contributed by atoms with van der Waals surface area (Å²) in [5.41, 5.74) is 3.45. The predicted molar refractivity (Wildman–Crippen MR) is 87.0 cm³/mol. The molecule has 2 aromatic carbocycles. The summed E-state index contributed by atoms with van der Waals surface area (Å²) in [6.45, 7) is 0. The summed E-state index contributed by atoms with van der Waals surface area (Å²) in [6, 6.07) is 12.7. The van der Waals surface area contributed by atoms with Crippen LogP contribution >= 0.6 is 11.6 Å². The molecule has 108 valence electrons. The van der Waals surface area contributed by atoms with E-state index in [0.29, 0.717) is 28.0 Å². The van der Waals surface area contributed by atoms with E-state index in [-0.39, 0.29) is 17.0 Å². The standard InChI is InChI=1S/C17H11ClN2O2/c18-10-5-6-13-14(8-10)20-17(22)15(19-13)12-7-9-3-1-2-4-11(9)16(12)21/h1-6,8,21H,7H2,(H,20,22). The molecule has 0 unspecified atom stereocenters. The van der Waals surface area contributed by atoms with E-state index in [1.54, 1.807) is 18.2 Å². The maximum Gasteiger partial charge on any atom is 0.274 e. The van der Waals surface area contributed by atoms with Crippen LogP contribution in [0.4, 0.5) is 0 Å². The third-order valence-corrected chi connectivity index (χ3v) is 4.10. The number of H-pyrrole nitrogens is 1. The molecule has 1 heterocycles. The van der Waals surface area contributed by atoms with Gasteiger partial charge >= 0.3 is 0 Å². The summed E-state index contributed by atoms with van der Waals surface area (Å²) in [5.74, 6) is 0.127. The molecule has 0 spiro atoms. The molecular formula is C17H11ClN2O2. The van der Waals surface area contributed by atoms with Gasteiger partial charge in [-0.05, 0) is 23.8 Å². The van der Waals surface area contributed by atoms with Crippen LogP contribution in [0.5, 0.6) is 0 Å². The number of benzene rings is 2. The third-order valence-electron chi connectivity index (χ3n) is 3.87. The number of aromatic nitrogens is 2. The van der Waals surface area contributed by atoms with Crippen molar-refractivity contribution in [1.29, 1.82) is 0 Å². The molecule has 0 amide bonds. The molecule has 0 aliphatic heterocycles. The number of halogens is 1. The molecule has 0 fully saturated rings. The van der Waals surface area contributed by atoms with Crippen molar-refractivity contribution < 1.29 is 5.11 Å². The van der Waals surface area contributed by atoms with Crippen LogP contribution in [0.1, 0.15) is 16.8 Å². The first kappa shape index (κ1) is 13.1. The van der Waals surface area contributed by atoms with Crippen molar-refractivity contribution in [2.45, 2.75) is 6.42 Å². The van der Waals surface area contributed by atoms with E-state index in [1.807, 2.05) is 24.3 Å². The van der Waals surface area contributed by atoms with Gasteiger partial charge in [0.15, 0.2) is 0 Å². The molecule has 1 aliphatic carbocycles. The molecular weight excluding hydrogens is 300 g/mol. The minimum atomic E-state index is -0.330. The average Bonchev–Trinajstić information content (AvgIpc) is 2.84. The van der Waals surface area contributed by atoms with Gasteiger partial charge in [0, 0.05) is 22.6 Å². The van der Waals surface area contributed by atoms with Gasteiger partial charge in [0.25, 0.3) is 5.56 Å². The van der Waals surface area contributed by atoms with Gasteiger partial charge in [-0.15, -0.1) is 0 Å². The number of fused-ring (bicyclic) bond motifs is 2. The number of nitrogens with one attached hydrogen (secondary N) is 1. The van der Waals surface area contributed by atoms with Gasteiger partial charge in [0.2, 0.25) is 0 Å². The van der Waals surface area contributed by atoms with Crippen LogP contribution < -0.4 is 5.56 Å². The molecule has 0 saturated carbocycles. The predicted octanol–water partition coefficient (Wildman–Crippen LogP) is 3.56. The fourth-order valence-corrected chi connectivity index (χ4v) is 2.97. The summed E-state index contributed by atoms with van der Waals surface area (Å²) in [7, 11) is 0. The molecule has 0 saturated heterocycles. The largest absolute Gasteiger partial charge is 0.507 e. The van der Waals surface area contributed by atoms with Crippen LogP contribution in [0.25, 0.3) is 22.4 Å². The highest BCUT2D eigenvalue weighted by Gasteiger charge is 2.24. The zero-order valence-corrected chi connectivity index (χ0v) is 12.2. The lowest BCUT2D eigenvalue weighted by Gasteiger charge is -2.04. The van der Waals surface area contributed by atoms with Crippen LogP contribution in [0.15, 0.2) is 47.3 Å². The van der Waals surface area contributed by atoms with E-state index in [0.717, 1.165) is 11.1 Å². The second-order valence-electron chi connectivity index (χ2n) is 5.24. The Balaban J connectivity index is 1.93. The van der Waals surface area contributed by atoms with Gasteiger partial charge in [-0.1, -0.05) is 35.9 Å². The van der Waals surface area contributed by atoms with E-state index >= 15 is 0 Å². The molecule has 0 radical (unpaired) electrons. The number of rotatable bonds is 1. The first-order valence-electron chi connectivity index (χ1n) is 6.84. The smallest absolute Gasteiger partial charge is 0.274 e. The SMILES string of the molecule is O=c1[nH]c2cc(Cl)ccc2nc1C1=C(O)c2ccccc2C1. The van der Waals surface area contributed by atoms with Gasteiger partial charge in [0.1, 0.15) is 11.5 Å². The number of aliphatic hydroxyl groups is 1. The van der Waals surface area contributed by atoms with Crippen molar-refractivity contribution in [3.63, 3.8) is 0 Å². The van der Waals surface area contributed by atoms with Crippen LogP contribution in [0, 0.1) is 0 Å². The Morgan fingerprint density at radius 3 is 2.82 bits per heavy atom. The minimum Gasteiger partial charge on any atom is -0.507 e. The molecule has 1 aliphatic rings. The molecule has 4 nitrogen and oxygen atoms in total. The van der Waals surface area contributed by atoms with Gasteiger partial charge in [0.05, 0.1) is 11.0 Å². The highest BCUT2D eigenvalue weighted by atomic mass is 35.5. The molecule has 5 heteroatoms.